The summed E-state index contributed by atoms with van der Waals surface area (Å²) in [6.45, 7) is 15.1. The number of ether oxygens (including phenoxy) is 5. The lowest BCUT2D eigenvalue weighted by atomic mass is 9.56. The molecule has 55 heavy (non-hydrogen) atoms. The Morgan fingerprint density at radius 1 is 0.855 bits per heavy atom. The number of carbonyl (C=O) groups is 5. The molecule has 3 aliphatic carbocycles. The van der Waals surface area contributed by atoms with Gasteiger partial charge in [-0.2, -0.15) is 0 Å². The van der Waals surface area contributed by atoms with Crippen molar-refractivity contribution in [2.75, 3.05) is 7.05 Å². The first-order chi connectivity index (χ1) is 25.8. The van der Waals surface area contributed by atoms with Crippen LogP contribution in [-0.2, 0) is 42.9 Å². The van der Waals surface area contributed by atoms with Crippen molar-refractivity contribution in [3.05, 3.63) is 95.1 Å². The first kappa shape index (κ1) is 41.4. The van der Waals surface area contributed by atoms with Gasteiger partial charge in [-0.3, -0.25) is 19.2 Å². The Morgan fingerprint density at radius 2 is 1.44 bits per heavy atom. The highest BCUT2D eigenvalue weighted by atomic mass is 16.6. The van der Waals surface area contributed by atoms with E-state index in [-0.39, 0.29) is 37.3 Å². The number of hydrogen-bond donors (Lipinski definition) is 2. The van der Waals surface area contributed by atoms with Gasteiger partial charge in [-0.15, -0.1) is 0 Å². The summed E-state index contributed by atoms with van der Waals surface area (Å²) in [6, 6.07) is 17.4. The van der Waals surface area contributed by atoms with E-state index in [9.17, 15) is 29.1 Å². The molecule has 0 saturated heterocycles. The van der Waals surface area contributed by atoms with Crippen LogP contribution in [0.2, 0.25) is 0 Å². The van der Waals surface area contributed by atoms with E-state index in [2.05, 4.69) is 11.9 Å². The third-order valence-electron chi connectivity index (χ3n) is 11.9. The van der Waals surface area contributed by atoms with Gasteiger partial charge in [0.25, 0.3) is 0 Å². The van der Waals surface area contributed by atoms with E-state index in [1.54, 1.807) is 65.1 Å². The van der Waals surface area contributed by atoms with Gasteiger partial charge in [0, 0.05) is 45.1 Å². The van der Waals surface area contributed by atoms with Crippen LogP contribution in [0.5, 0.6) is 0 Å². The molecule has 0 radical (unpaired) electrons. The molecule has 0 aromatic heterocycles. The fraction of sp³-hybridized carbons (Fsp3) is 0.512. The Bertz CT molecular complexity index is 1830. The Kier molecular flexibility index (Phi) is 12.1. The van der Waals surface area contributed by atoms with Crippen LogP contribution >= 0.6 is 0 Å². The highest BCUT2D eigenvalue weighted by molar-refractivity contribution is 5.89. The normalized spacial score (nSPS) is 29.5. The van der Waals surface area contributed by atoms with Crippen LogP contribution in [0.1, 0.15) is 96.1 Å². The van der Waals surface area contributed by atoms with Crippen molar-refractivity contribution >= 4 is 29.8 Å². The maximum atomic E-state index is 14.0. The van der Waals surface area contributed by atoms with E-state index in [0.717, 1.165) is 5.56 Å². The van der Waals surface area contributed by atoms with Crippen LogP contribution in [0.3, 0.4) is 0 Å². The molecule has 2 N–H and O–H groups in total. The maximum absolute atomic E-state index is 14.0. The van der Waals surface area contributed by atoms with Gasteiger partial charge in [0.05, 0.1) is 23.0 Å². The fourth-order valence-corrected chi connectivity index (χ4v) is 9.18. The van der Waals surface area contributed by atoms with E-state index in [1.165, 1.54) is 20.8 Å². The summed E-state index contributed by atoms with van der Waals surface area (Å²) in [4.78, 5) is 66.3. The van der Waals surface area contributed by atoms with Crippen LogP contribution in [0.15, 0.2) is 84.0 Å². The lowest BCUT2D eigenvalue weighted by Gasteiger charge is -2.53. The van der Waals surface area contributed by atoms with Crippen LogP contribution < -0.4 is 5.32 Å². The molecular weight excluding hydrogens is 706 g/mol. The number of hydrogen-bond acceptors (Lipinski definition) is 12. The second kappa shape index (κ2) is 16.1. The number of fused-ring (bicyclic) bond motifs is 2. The minimum absolute atomic E-state index is 0.0121. The van der Waals surface area contributed by atoms with Crippen molar-refractivity contribution in [1.29, 1.82) is 0 Å². The van der Waals surface area contributed by atoms with E-state index < -0.39 is 82.7 Å². The van der Waals surface area contributed by atoms with Crippen LogP contribution in [0, 0.1) is 16.7 Å². The van der Waals surface area contributed by atoms with Gasteiger partial charge in [0.15, 0.2) is 12.2 Å². The van der Waals surface area contributed by atoms with Gasteiger partial charge in [-0.1, -0.05) is 62.0 Å². The zero-order chi connectivity index (χ0) is 40.5. The Morgan fingerprint density at radius 3 is 1.98 bits per heavy atom. The standard InChI is InChI=1S/C43H53NO11/c1-24-31-22-43(41(6,7)50)23-34(51-26(3)45)25(2)37(43)38(55-40(49)30-18-14-11-15-19-30)39(53-28(5)47)42(31,8)35(52-27(4)46)21-33(24)54-36(48)20-32(44-9)29-16-12-10-13-17-29/h10-19,31-35,38-39,44,50H,1,20-23H2,2-9H3/t31-,32+,33-,34+,35-,38+,39-,42+,43+/m1/s1. The summed E-state index contributed by atoms with van der Waals surface area (Å²) in [6.07, 6.45) is -5.39. The van der Waals surface area contributed by atoms with Gasteiger partial charge in [0.2, 0.25) is 0 Å². The predicted octanol–water partition coefficient (Wildman–Crippen LogP) is 5.73. The number of rotatable bonds is 11. The molecule has 296 valence electrons. The highest BCUT2D eigenvalue weighted by Crippen LogP contribution is 2.65. The fourth-order valence-electron chi connectivity index (χ4n) is 9.18. The molecule has 2 aromatic carbocycles. The smallest absolute Gasteiger partial charge is 0.338 e. The van der Waals surface area contributed by atoms with E-state index in [0.29, 0.717) is 16.7 Å². The molecular formula is C43H53NO11. The van der Waals surface area contributed by atoms with Crippen molar-refractivity contribution in [2.45, 2.75) is 116 Å². The second-order valence-electron chi connectivity index (χ2n) is 15.7. The Balaban J connectivity index is 1.70. The molecule has 2 aromatic rings. The largest absolute Gasteiger partial charge is 0.462 e. The average Bonchev–Trinajstić information content (AvgIpc) is 3.35. The maximum Gasteiger partial charge on any atom is 0.338 e. The summed E-state index contributed by atoms with van der Waals surface area (Å²) in [5.41, 5.74) is -1.70. The highest BCUT2D eigenvalue weighted by Gasteiger charge is 2.69. The van der Waals surface area contributed by atoms with E-state index in [1.807, 2.05) is 30.3 Å². The molecule has 0 unspecified atom stereocenters. The van der Waals surface area contributed by atoms with Crippen molar-refractivity contribution in [2.24, 2.45) is 16.7 Å². The van der Waals surface area contributed by atoms with Gasteiger partial charge in [0.1, 0.15) is 18.3 Å². The predicted molar refractivity (Wildman–Crippen MR) is 201 cm³/mol. The zero-order valence-corrected chi connectivity index (χ0v) is 32.9. The molecule has 12 heteroatoms. The number of nitrogens with one attached hydrogen (secondary N) is 1. The third-order valence-corrected chi connectivity index (χ3v) is 11.9. The molecule has 3 aliphatic rings. The minimum Gasteiger partial charge on any atom is -0.462 e. The summed E-state index contributed by atoms with van der Waals surface area (Å²) >= 11 is 0. The second-order valence-corrected chi connectivity index (χ2v) is 15.7. The van der Waals surface area contributed by atoms with Crippen molar-refractivity contribution in [3.63, 3.8) is 0 Å². The van der Waals surface area contributed by atoms with Gasteiger partial charge >= 0.3 is 29.8 Å². The van der Waals surface area contributed by atoms with E-state index in [4.69, 9.17) is 23.7 Å². The SMILES string of the molecule is C=C1[C@H]2C[C@]3(C(C)(C)O)C[C@H](OC(C)=O)C(C)=C3[C@H](OC(=O)c3ccccc3)[C@@H](OC(C)=O)[C@]2(C)[C@H](OC(C)=O)C[C@H]1OC(=O)C[C@H](NC)c1ccccc1. The molecule has 0 spiro atoms. The molecule has 12 nitrogen and oxygen atoms in total. The molecule has 2 saturated carbocycles. The summed E-state index contributed by atoms with van der Waals surface area (Å²) in [5, 5.41) is 15.5. The zero-order valence-electron chi connectivity index (χ0n) is 32.9. The van der Waals surface area contributed by atoms with Crippen LogP contribution in [0.4, 0.5) is 0 Å². The summed E-state index contributed by atoms with van der Waals surface area (Å²) in [7, 11) is 1.75. The molecule has 5 rings (SSSR count). The van der Waals surface area contributed by atoms with Gasteiger partial charge in [-0.05, 0) is 74.6 Å². The topological polar surface area (TPSA) is 164 Å². The monoisotopic (exact) mass is 759 g/mol. The summed E-state index contributed by atoms with van der Waals surface area (Å²) < 4.78 is 30.8. The Labute approximate surface area is 322 Å². The first-order valence-electron chi connectivity index (χ1n) is 18.7. The number of benzene rings is 2. The molecule has 9 atom stereocenters. The Hall–Kier alpha value is -4.81. The van der Waals surface area contributed by atoms with Gasteiger partial charge in [-0.25, -0.2) is 4.79 Å². The molecule has 0 aliphatic heterocycles. The molecule has 0 bridgehead atoms. The quantitative estimate of drug-likeness (QED) is 0.163. The molecule has 0 heterocycles. The van der Waals surface area contributed by atoms with Crippen molar-refractivity contribution in [1.82, 2.24) is 5.32 Å². The van der Waals surface area contributed by atoms with Crippen LogP contribution in [-0.4, -0.2) is 78.1 Å². The minimum atomic E-state index is -1.57. The molecule has 2 fully saturated rings. The van der Waals surface area contributed by atoms with Crippen molar-refractivity contribution < 1.29 is 52.8 Å². The van der Waals surface area contributed by atoms with Crippen molar-refractivity contribution in [3.8, 4) is 0 Å². The average molecular weight is 760 g/mol. The third kappa shape index (κ3) is 8.11. The number of esters is 5. The number of aliphatic hydroxyl groups is 1. The van der Waals surface area contributed by atoms with Gasteiger partial charge < -0.3 is 34.1 Å². The molecule has 0 amide bonds. The lowest BCUT2D eigenvalue weighted by Crippen LogP contribution is -2.60. The summed E-state index contributed by atoms with van der Waals surface area (Å²) in [5.74, 6) is -3.92. The number of carbonyl (C=O) groups excluding carboxylic acids is 5. The van der Waals surface area contributed by atoms with E-state index >= 15 is 0 Å². The van der Waals surface area contributed by atoms with Crippen LogP contribution in [0.25, 0.3) is 0 Å². The first-order valence-corrected chi connectivity index (χ1v) is 18.7. The lowest BCUT2D eigenvalue weighted by molar-refractivity contribution is -0.198.